The van der Waals surface area contributed by atoms with Crippen LogP contribution in [0.4, 0.5) is 0 Å². The van der Waals surface area contributed by atoms with Crippen LogP contribution in [0.5, 0.6) is 0 Å². The maximum Gasteiger partial charge on any atom is 0.223 e. The van der Waals surface area contributed by atoms with Gasteiger partial charge in [0.25, 0.3) is 0 Å². The maximum atomic E-state index is 12.7. The highest BCUT2D eigenvalue weighted by Gasteiger charge is 2.31. The van der Waals surface area contributed by atoms with Crippen molar-refractivity contribution in [1.29, 1.82) is 0 Å². The van der Waals surface area contributed by atoms with Crippen LogP contribution >= 0.6 is 0 Å². The quantitative estimate of drug-likeness (QED) is 0.821. The molecule has 2 fully saturated rings. The Hall–Kier alpha value is -2.25. The first-order valence-electron chi connectivity index (χ1n) is 9.19. The lowest BCUT2D eigenvalue weighted by molar-refractivity contribution is -0.135. The number of hydrogen-bond acceptors (Lipinski definition) is 7. The van der Waals surface area contributed by atoms with E-state index in [2.05, 4.69) is 20.3 Å². The lowest BCUT2D eigenvalue weighted by Gasteiger charge is -2.33. The van der Waals surface area contributed by atoms with E-state index in [4.69, 9.17) is 8.94 Å². The Morgan fingerprint density at radius 1 is 1.16 bits per heavy atom. The summed E-state index contributed by atoms with van der Waals surface area (Å²) in [4.78, 5) is 18.7. The molecular weight excluding hydrogens is 322 g/mol. The molecule has 1 aliphatic carbocycles. The Kier molecular flexibility index (Phi) is 4.76. The number of nitrogens with zero attached hydrogens (tertiary/aromatic N) is 5. The molecule has 134 valence electrons. The van der Waals surface area contributed by atoms with Crippen molar-refractivity contribution >= 4 is 5.91 Å². The predicted octanol–water partition coefficient (Wildman–Crippen LogP) is 2.80. The van der Waals surface area contributed by atoms with Crippen molar-refractivity contribution in [2.24, 2.45) is 0 Å². The Balaban J connectivity index is 1.36. The van der Waals surface area contributed by atoms with Crippen LogP contribution in [0.25, 0.3) is 0 Å². The van der Waals surface area contributed by atoms with Gasteiger partial charge in [-0.1, -0.05) is 18.0 Å². The largest absolute Gasteiger partial charge is 0.425 e. The molecule has 2 aromatic heterocycles. The van der Waals surface area contributed by atoms with Gasteiger partial charge in [0.05, 0.1) is 6.04 Å². The van der Waals surface area contributed by atoms with Crippen LogP contribution in [0.1, 0.15) is 80.9 Å². The third kappa shape index (κ3) is 3.57. The number of aryl methyl sites for hydroxylation is 1. The minimum Gasteiger partial charge on any atom is -0.425 e. The Labute approximate surface area is 146 Å². The van der Waals surface area contributed by atoms with E-state index < -0.39 is 0 Å². The molecule has 2 aromatic rings. The van der Waals surface area contributed by atoms with E-state index in [0.29, 0.717) is 30.5 Å². The van der Waals surface area contributed by atoms with Gasteiger partial charge in [0.2, 0.25) is 24.1 Å². The van der Waals surface area contributed by atoms with E-state index in [1.54, 1.807) is 0 Å². The Morgan fingerprint density at radius 2 is 2.00 bits per heavy atom. The number of carbonyl (C=O) groups is 1. The van der Waals surface area contributed by atoms with Gasteiger partial charge in [-0.3, -0.25) is 4.79 Å². The molecule has 3 heterocycles. The third-order valence-electron chi connectivity index (χ3n) is 5.24. The van der Waals surface area contributed by atoms with Gasteiger partial charge in [0.15, 0.2) is 5.82 Å². The average molecular weight is 345 g/mol. The van der Waals surface area contributed by atoms with Crippen molar-refractivity contribution in [2.75, 3.05) is 6.54 Å². The number of carbonyl (C=O) groups excluding carboxylic acids is 1. The summed E-state index contributed by atoms with van der Waals surface area (Å²) in [5.41, 5.74) is 0. The van der Waals surface area contributed by atoms with Crippen molar-refractivity contribution < 1.29 is 13.7 Å². The summed E-state index contributed by atoms with van der Waals surface area (Å²) in [5, 5.41) is 12.2. The molecule has 0 spiro atoms. The van der Waals surface area contributed by atoms with Crippen LogP contribution in [0.3, 0.4) is 0 Å². The molecule has 8 heteroatoms. The molecule has 1 unspecified atom stereocenters. The number of hydrogen-bond donors (Lipinski definition) is 0. The summed E-state index contributed by atoms with van der Waals surface area (Å²) >= 11 is 0. The minimum atomic E-state index is -0.0864. The zero-order valence-corrected chi connectivity index (χ0v) is 14.3. The van der Waals surface area contributed by atoms with E-state index in [0.717, 1.165) is 44.5 Å². The summed E-state index contributed by atoms with van der Waals surface area (Å²) < 4.78 is 10.6. The normalized spacial score (nSPS) is 21.8. The highest BCUT2D eigenvalue weighted by atomic mass is 16.5. The van der Waals surface area contributed by atoms with Gasteiger partial charge < -0.3 is 13.8 Å². The van der Waals surface area contributed by atoms with Crippen molar-refractivity contribution in [2.45, 2.75) is 69.7 Å². The van der Waals surface area contributed by atoms with Crippen LogP contribution in [-0.2, 0) is 11.2 Å². The molecule has 0 N–H and O–H groups in total. The van der Waals surface area contributed by atoms with E-state index in [1.807, 2.05) is 4.90 Å². The molecule has 25 heavy (non-hydrogen) atoms. The average Bonchev–Trinajstić information content (AvgIpc) is 3.41. The van der Waals surface area contributed by atoms with E-state index in [-0.39, 0.29) is 11.9 Å². The van der Waals surface area contributed by atoms with Gasteiger partial charge in [-0.05, 0) is 32.1 Å². The van der Waals surface area contributed by atoms with Crippen molar-refractivity contribution in [1.82, 2.24) is 25.2 Å². The molecule has 0 radical (unpaired) electrons. The van der Waals surface area contributed by atoms with Gasteiger partial charge in [-0.25, -0.2) is 0 Å². The molecular formula is C17H23N5O3. The summed E-state index contributed by atoms with van der Waals surface area (Å²) in [6.45, 7) is 0.731. The van der Waals surface area contributed by atoms with Crippen LogP contribution < -0.4 is 0 Å². The SMILES string of the molecule is O=C(CCc1nnc(C2CCCC2)o1)N1CCCCC1c1ncon1. The van der Waals surface area contributed by atoms with E-state index in [1.165, 1.54) is 19.2 Å². The third-order valence-corrected chi connectivity index (χ3v) is 5.24. The number of rotatable bonds is 5. The van der Waals surface area contributed by atoms with E-state index in [9.17, 15) is 4.79 Å². The molecule has 0 bridgehead atoms. The molecule has 1 aliphatic heterocycles. The monoisotopic (exact) mass is 345 g/mol. The lowest BCUT2D eigenvalue weighted by Crippen LogP contribution is -2.39. The summed E-state index contributed by atoms with van der Waals surface area (Å²) in [6.07, 6.45) is 9.81. The number of amides is 1. The number of likely N-dealkylation sites (tertiary alicyclic amines) is 1. The Bertz CT molecular complexity index is 693. The van der Waals surface area contributed by atoms with Gasteiger partial charge in [0.1, 0.15) is 0 Å². The smallest absolute Gasteiger partial charge is 0.223 e. The molecule has 0 aromatic carbocycles. The summed E-state index contributed by atoms with van der Waals surface area (Å²) in [7, 11) is 0. The fourth-order valence-electron chi connectivity index (χ4n) is 3.89. The number of aromatic nitrogens is 4. The molecule has 1 amide bonds. The zero-order chi connectivity index (χ0) is 17.1. The first-order chi connectivity index (χ1) is 12.3. The highest BCUT2D eigenvalue weighted by molar-refractivity contribution is 5.76. The standard InChI is InChI=1S/C17H23N5O3/c23-15(22-10-4-3-7-13(22)16-18-11-24-21-16)9-8-14-19-20-17(25-14)12-5-1-2-6-12/h11-13H,1-10H2. The van der Waals surface area contributed by atoms with Crippen LogP contribution in [0, 0.1) is 0 Å². The summed E-state index contributed by atoms with van der Waals surface area (Å²) in [6, 6.07) is -0.0864. The zero-order valence-electron chi connectivity index (χ0n) is 14.3. The lowest BCUT2D eigenvalue weighted by atomic mass is 10.0. The minimum absolute atomic E-state index is 0.0788. The number of piperidine rings is 1. The second-order valence-electron chi connectivity index (χ2n) is 6.90. The van der Waals surface area contributed by atoms with Crippen LogP contribution in [-0.4, -0.2) is 37.7 Å². The van der Waals surface area contributed by atoms with Crippen molar-refractivity contribution in [3.8, 4) is 0 Å². The predicted molar refractivity (Wildman–Crippen MR) is 86.4 cm³/mol. The molecule has 4 rings (SSSR count). The Morgan fingerprint density at radius 3 is 2.80 bits per heavy atom. The van der Waals surface area contributed by atoms with Crippen LogP contribution in [0.2, 0.25) is 0 Å². The molecule has 1 saturated heterocycles. The fraction of sp³-hybridized carbons (Fsp3) is 0.706. The van der Waals surface area contributed by atoms with Crippen molar-refractivity contribution in [3.05, 3.63) is 24.0 Å². The molecule has 1 saturated carbocycles. The van der Waals surface area contributed by atoms with Crippen LogP contribution in [0.15, 0.2) is 15.3 Å². The second kappa shape index (κ2) is 7.33. The van der Waals surface area contributed by atoms with E-state index >= 15 is 0 Å². The second-order valence-corrected chi connectivity index (χ2v) is 6.90. The van der Waals surface area contributed by atoms with Gasteiger partial charge in [-0.2, -0.15) is 4.98 Å². The first kappa shape index (κ1) is 16.2. The first-order valence-corrected chi connectivity index (χ1v) is 9.19. The molecule has 8 nitrogen and oxygen atoms in total. The molecule has 1 atom stereocenters. The fourth-order valence-corrected chi connectivity index (χ4v) is 3.89. The van der Waals surface area contributed by atoms with Gasteiger partial charge >= 0.3 is 0 Å². The van der Waals surface area contributed by atoms with Gasteiger partial charge in [-0.15, -0.1) is 10.2 Å². The molecule has 2 aliphatic rings. The topological polar surface area (TPSA) is 98.2 Å². The summed E-state index contributed by atoms with van der Waals surface area (Å²) in [5.74, 6) is 2.37. The maximum absolute atomic E-state index is 12.7. The highest BCUT2D eigenvalue weighted by Crippen LogP contribution is 2.33. The van der Waals surface area contributed by atoms with Crippen molar-refractivity contribution in [3.63, 3.8) is 0 Å². The van der Waals surface area contributed by atoms with Gasteiger partial charge in [0, 0.05) is 25.3 Å².